The summed E-state index contributed by atoms with van der Waals surface area (Å²) in [6.07, 6.45) is 0.814. The zero-order chi connectivity index (χ0) is 11.4. The average Bonchev–Trinajstić information content (AvgIpc) is 2.45. The maximum Gasteiger partial charge on any atom is 0.251 e. The predicted molar refractivity (Wildman–Crippen MR) is 62.6 cm³/mol. The lowest BCUT2D eigenvalue weighted by molar-refractivity contribution is -0.128. The number of hydrogen-bond donors (Lipinski definition) is 1. The Morgan fingerprint density at radius 2 is 2.27 bits per heavy atom. The molecule has 0 unspecified atom stereocenters. The van der Waals surface area contributed by atoms with Crippen LogP contribution >= 0.6 is 12.2 Å². The zero-order valence-electron chi connectivity index (χ0n) is 9.45. The third-order valence-corrected chi connectivity index (χ3v) is 2.79. The molecule has 5 heteroatoms. The number of carbonyl (C=O) groups is 1. The van der Waals surface area contributed by atoms with E-state index in [1.54, 1.807) is 12.0 Å². The molecule has 0 saturated carbocycles. The smallest absolute Gasteiger partial charge is 0.251 e. The predicted octanol–water partition coefficient (Wildman–Crippen LogP) is 0.764. The minimum atomic E-state index is -0.153. The molecule has 1 aliphatic rings. The van der Waals surface area contributed by atoms with Crippen LogP contribution in [0.15, 0.2) is 0 Å². The second kappa shape index (κ2) is 5.42. The molecule has 4 nitrogen and oxygen atoms in total. The second-order valence-corrected chi connectivity index (χ2v) is 4.39. The van der Waals surface area contributed by atoms with Gasteiger partial charge < -0.3 is 10.1 Å². The van der Waals surface area contributed by atoms with E-state index in [4.69, 9.17) is 17.0 Å². The molecule has 1 aliphatic heterocycles. The molecule has 0 aliphatic carbocycles. The number of rotatable bonds is 5. The van der Waals surface area contributed by atoms with Gasteiger partial charge >= 0.3 is 0 Å². The van der Waals surface area contributed by atoms with Crippen molar-refractivity contribution in [3.8, 4) is 0 Å². The van der Waals surface area contributed by atoms with E-state index < -0.39 is 0 Å². The van der Waals surface area contributed by atoms with Crippen molar-refractivity contribution in [1.82, 2.24) is 10.2 Å². The van der Waals surface area contributed by atoms with Crippen LogP contribution in [0.25, 0.3) is 0 Å². The summed E-state index contributed by atoms with van der Waals surface area (Å²) in [4.78, 5) is 13.5. The molecule has 0 radical (unpaired) electrons. The van der Waals surface area contributed by atoms with E-state index in [1.807, 2.05) is 13.8 Å². The molecule has 1 rings (SSSR count). The number of amides is 1. The number of nitrogens with zero attached hydrogens (tertiary/aromatic N) is 1. The third kappa shape index (κ3) is 2.89. The summed E-state index contributed by atoms with van der Waals surface area (Å²) >= 11 is 5.12. The molecular formula is C10H18N2O2S. The Balaban J connectivity index is 2.51. The fourth-order valence-electron chi connectivity index (χ4n) is 1.57. The fraction of sp³-hybridized carbons (Fsp3) is 0.800. The van der Waals surface area contributed by atoms with E-state index in [0.717, 1.165) is 6.42 Å². The highest BCUT2D eigenvalue weighted by Crippen LogP contribution is 2.14. The first-order chi connectivity index (χ1) is 7.07. The summed E-state index contributed by atoms with van der Waals surface area (Å²) < 4.78 is 4.94. The number of hydrogen-bond acceptors (Lipinski definition) is 3. The van der Waals surface area contributed by atoms with Gasteiger partial charge in [-0.2, -0.15) is 0 Å². The van der Waals surface area contributed by atoms with Gasteiger partial charge in [-0.1, -0.05) is 13.8 Å². The maximum absolute atomic E-state index is 11.9. The Hall–Kier alpha value is -0.680. The minimum absolute atomic E-state index is 0.0890. The molecule has 0 aromatic heterocycles. The molecule has 1 fully saturated rings. The van der Waals surface area contributed by atoms with E-state index in [9.17, 15) is 4.79 Å². The highest BCUT2D eigenvalue weighted by Gasteiger charge is 2.36. The monoisotopic (exact) mass is 230 g/mol. The lowest BCUT2D eigenvalue weighted by Crippen LogP contribution is -2.35. The lowest BCUT2D eigenvalue weighted by atomic mass is 10.1. The van der Waals surface area contributed by atoms with E-state index in [1.165, 1.54) is 0 Å². The number of nitrogens with one attached hydrogen (secondary N) is 1. The first-order valence-electron chi connectivity index (χ1n) is 5.18. The fourth-order valence-corrected chi connectivity index (χ4v) is 1.88. The van der Waals surface area contributed by atoms with E-state index >= 15 is 0 Å². The largest absolute Gasteiger partial charge is 0.385 e. The number of carbonyl (C=O) groups excluding carboxylic acids is 1. The van der Waals surface area contributed by atoms with Gasteiger partial charge in [0, 0.05) is 20.3 Å². The molecular weight excluding hydrogens is 212 g/mol. The van der Waals surface area contributed by atoms with Crippen LogP contribution in [0.5, 0.6) is 0 Å². The summed E-state index contributed by atoms with van der Waals surface area (Å²) in [5.74, 6) is 0.356. The highest BCUT2D eigenvalue weighted by atomic mass is 32.1. The van der Waals surface area contributed by atoms with Crippen LogP contribution in [0.2, 0.25) is 0 Å². The second-order valence-electron chi connectivity index (χ2n) is 4.01. The SMILES string of the molecule is COCCCN1C(=O)[C@H](C(C)C)NC1=S. The molecule has 0 bridgehead atoms. The summed E-state index contributed by atoms with van der Waals surface area (Å²) in [6.45, 7) is 5.31. The van der Waals surface area contributed by atoms with Gasteiger partial charge in [-0.05, 0) is 24.6 Å². The Morgan fingerprint density at radius 3 is 2.73 bits per heavy atom. The van der Waals surface area contributed by atoms with Gasteiger partial charge in [0.15, 0.2) is 5.11 Å². The first-order valence-corrected chi connectivity index (χ1v) is 5.59. The zero-order valence-corrected chi connectivity index (χ0v) is 10.3. The highest BCUT2D eigenvalue weighted by molar-refractivity contribution is 7.80. The van der Waals surface area contributed by atoms with Gasteiger partial charge in [0.25, 0.3) is 5.91 Å². The van der Waals surface area contributed by atoms with Crippen molar-refractivity contribution < 1.29 is 9.53 Å². The minimum Gasteiger partial charge on any atom is -0.385 e. The van der Waals surface area contributed by atoms with Gasteiger partial charge in [-0.25, -0.2) is 0 Å². The average molecular weight is 230 g/mol. The van der Waals surface area contributed by atoms with E-state index in [2.05, 4.69) is 5.32 Å². The number of methoxy groups -OCH3 is 1. The van der Waals surface area contributed by atoms with Gasteiger partial charge in [-0.15, -0.1) is 0 Å². The topological polar surface area (TPSA) is 41.6 Å². The van der Waals surface area contributed by atoms with Crippen LogP contribution in [0.4, 0.5) is 0 Å². The molecule has 1 N–H and O–H groups in total. The van der Waals surface area contributed by atoms with Crippen molar-refractivity contribution in [2.45, 2.75) is 26.3 Å². The van der Waals surface area contributed by atoms with Gasteiger partial charge in [0.2, 0.25) is 0 Å². The van der Waals surface area contributed by atoms with Gasteiger partial charge in [0.05, 0.1) is 0 Å². The molecule has 0 aromatic carbocycles. The van der Waals surface area contributed by atoms with Crippen LogP contribution in [-0.2, 0) is 9.53 Å². The Labute approximate surface area is 96.0 Å². The summed E-state index contributed by atoms with van der Waals surface area (Å²) in [5, 5.41) is 3.60. The molecule has 1 heterocycles. The molecule has 0 spiro atoms. The van der Waals surface area contributed by atoms with Crippen LogP contribution in [0.1, 0.15) is 20.3 Å². The molecule has 1 amide bonds. The summed E-state index contributed by atoms with van der Waals surface area (Å²) in [7, 11) is 1.65. The van der Waals surface area contributed by atoms with Crippen LogP contribution in [0.3, 0.4) is 0 Å². The molecule has 86 valence electrons. The van der Waals surface area contributed by atoms with Crippen LogP contribution < -0.4 is 5.32 Å². The molecule has 1 saturated heterocycles. The Bertz CT molecular complexity index is 256. The lowest BCUT2D eigenvalue weighted by Gasteiger charge is -2.15. The van der Waals surface area contributed by atoms with Crippen molar-refractivity contribution in [3.05, 3.63) is 0 Å². The van der Waals surface area contributed by atoms with Crippen molar-refractivity contribution >= 4 is 23.2 Å². The quantitative estimate of drug-likeness (QED) is 0.559. The first kappa shape index (κ1) is 12.4. The third-order valence-electron chi connectivity index (χ3n) is 2.45. The van der Waals surface area contributed by atoms with Crippen molar-refractivity contribution in [2.75, 3.05) is 20.3 Å². The maximum atomic E-state index is 11.9. The number of thiocarbonyl (C=S) groups is 1. The van der Waals surface area contributed by atoms with Crippen LogP contribution in [-0.4, -0.2) is 42.2 Å². The summed E-state index contributed by atoms with van der Waals surface area (Å²) in [5.41, 5.74) is 0. The van der Waals surface area contributed by atoms with Crippen molar-refractivity contribution in [3.63, 3.8) is 0 Å². The molecule has 0 aromatic rings. The van der Waals surface area contributed by atoms with Crippen molar-refractivity contribution in [1.29, 1.82) is 0 Å². The standard InChI is InChI=1S/C10H18N2O2S/c1-7(2)8-9(13)12(10(15)11-8)5-4-6-14-3/h7-8H,4-6H2,1-3H3,(H,11,15)/t8-/m0/s1. The normalized spacial score (nSPS) is 21.3. The van der Waals surface area contributed by atoms with Gasteiger partial charge in [-0.3, -0.25) is 9.69 Å². The van der Waals surface area contributed by atoms with Crippen molar-refractivity contribution in [2.24, 2.45) is 5.92 Å². The van der Waals surface area contributed by atoms with Gasteiger partial charge in [0.1, 0.15) is 6.04 Å². The van der Waals surface area contributed by atoms with E-state index in [-0.39, 0.29) is 17.9 Å². The molecule has 15 heavy (non-hydrogen) atoms. The van der Waals surface area contributed by atoms with Crippen LogP contribution in [0, 0.1) is 5.92 Å². The Kier molecular flexibility index (Phi) is 4.47. The number of ether oxygens (including phenoxy) is 1. The Morgan fingerprint density at radius 1 is 1.60 bits per heavy atom. The summed E-state index contributed by atoms with van der Waals surface area (Å²) in [6, 6.07) is -0.153. The van der Waals surface area contributed by atoms with E-state index in [0.29, 0.717) is 18.3 Å². The molecule has 1 atom stereocenters.